The molecule has 0 heterocycles. The molecule has 36 valence electrons. The molecular weight excluding hydrogens is 140 g/mol. The molecule has 0 saturated carbocycles. The first kappa shape index (κ1) is 16.0. The summed E-state index contributed by atoms with van der Waals surface area (Å²) in [7, 11) is 0. The fourth-order valence-electron chi connectivity index (χ4n) is 0. The van der Waals surface area contributed by atoms with E-state index in [2.05, 4.69) is 0 Å². The molecule has 0 aliphatic carbocycles. The Labute approximate surface area is 61.4 Å². The van der Waals surface area contributed by atoms with E-state index < -0.39 is 6.16 Å². The minimum absolute atomic E-state index is 0. The van der Waals surface area contributed by atoms with Crippen molar-refractivity contribution >= 4 is 29.2 Å². The van der Waals surface area contributed by atoms with Crippen LogP contribution in [0.5, 0.6) is 0 Å². The Bertz CT molecular complexity index is 33.8. The zero-order valence-corrected chi connectivity index (χ0v) is 3.26. The largest absolute Gasteiger partial charge is 0.503 e. The van der Waals surface area contributed by atoms with Crippen molar-refractivity contribution in [3.8, 4) is 0 Å². The maximum atomic E-state index is 8.56. The molecular formula is CH4FeMgO3. The van der Waals surface area contributed by atoms with Crippen LogP contribution in [0.25, 0.3) is 0 Å². The number of hydrogen-bond acceptors (Lipinski definition) is 1. The molecule has 0 saturated heterocycles. The Morgan fingerprint density at radius 3 is 1.33 bits per heavy atom. The molecule has 0 aromatic carbocycles. The van der Waals surface area contributed by atoms with Gasteiger partial charge >= 0.3 is 29.2 Å². The fourth-order valence-corrected chi connectivity index (χ4v) is 0. The van der Waals surface area contributed by atoms with Crippen LogP contribution >= 0.6 is 0 Å². The predicted octanol–water partition coefficient (Wildman–Crippen LogP) is -0.696. The predicted molar refractivity (Wildman–Crippen MR) is 19.2 cm³/mol. The monoisotopic (exact) mass is 144 g/mol. The van der Waals surface area contributed by atoms with Gasteiger partial charge in [0, 0.05) is 17.1 Å². The molecule has 0 amide bonds. The zero-order chi connectivity index (χ0) is 3.58. The summed E-state index contributed by atoms with van der Waals surface area (Å²) in [6, 6.07) is 0. The van der Waals surface area contributed by atoms with Crippen LogP contribution in [0.1, 0.15) is 0 Å². The van der Waals surface area contributed by atoms with Gasteiger partial charge in [-0.3, -0.25) is 0 Å². The van der Waals surface area contributed by atoms with Crippen LogP contribution in [0.4, 0.5) is 4.79 Å². The molecule has 0 unspecified atom stereocenters. The van der Waals surface area contributed by atoms with E-state index in [9.17, 15) is 0 Å². The van der Waals surface area contributed by atoms with E-state index in [4.69, 9.17) is 15.0 Å². The normalized spacial score (nSPS) is 4.00. The number of rotatable bonds is 0. The standard InChI is InChI=1S/CH2O3.Fe.Mg.2H/c2-1(3)4;;;;/h(H2,2,3,4);;;;. The summed E-state index contributed by atoms with van der Waals surface area (Å²) in [5.41, 5.74) is 0. The molecule has 0 aliphatic rings. The minimum Gasteiger partial charge on any atom is -0.450 e. The fraction of sp³-hybridized carbons (Fsp3) is 0. The smallest absolute Gasteiger partial charge is 0.450 e. The number of carbonyl (C=O) groups is 1. The average Bonchev–Trinajstić information content (AvgIpc) is 0.811. The maximum absolute atomic E-state index is 8.56. The van der Waals surface area contributed by atoms with Gasteiger partial charge in [-0.05, 0) is 0 Å². The second-order valence-corrected chi connectivity index (χ2v) is 0.283. The summed E-state index contributed by atoms with van der Waals surface area (Å²) < 4.78 is 0. The van der Waals surface area contributed by atoms with Crippen molar-refractivity contribution in [1.29, 1.82) is 0 Å². The Hall–Kier alpha value is 0.556. The van der Waals surface area contributed by atoms with E-state index in [0.29, 0.717) is 0 Å². The van der Waals surface area contributed by atoms with E-state index in [1.165, 1.54) is 0 Å². The SMILES string of the molecule is O=C(O)O.[Fe].[MgH2]. The molecule has 0 radical (unpaired) electrons. The topological polar surface area (TPSA) is 57.5 Å². The van der Waals surface area contributed by atoms with Gasteiger partial charge in [0.25, 0.3) is 0 Å². The Kier molecular flexibility index (Phi) is 24.3. The molecule has 0 fully saturated rings. The summed E-state index contributed by atoms with van der Waals surface area (Å²) in [6.45, 7) is 0. The first-order valence-corrected chi connectivity index (χ1v) is 0.651. The van der Waals surface area contributed by atoms with Crippen LogP contribution in [0, 0.1) is 0 Å². The van der Waals surface area contributed by atoms with E-state index in [1.54, 1.807) is 0 Å². The summed E-state index contributed by atoms with van der Waals surface area (Å²) >= 11 is 0. The Balaban J connectivity index is -0.0000000450. The molecule has 0 spiro atoms. The number of hydrogen-bond donors (Lipinski definition) is 2. The van der Waals surface area contributed by atoms with Crippen molar-refractivity contribution in [3.63, 3.8) is 0 Å². The Morgan fingerprint density at radius 2 is 1.33 bits per heavy atom. The van der Waals surface area contributed by atoms with E-state index in [-0.39, 0.29) is 40.1 Å². The van der Waals surface area contributed by atoms with Gasteiger partial charge in [-0.25, -0.2) is 4.79 Å². The second-order valence-electron chi connectivity index (χ2n) is 0.283. The van der Waals surface area contributed by atoms with Gasteiger partial charge in [0.2, 0.25) is 0 Å². The molecule has 0 aromatic heterocycles. The van der Waals surface area contributed by atoms with Crippen molar-refractivity contribution in [3.05, 3.63) is 0 Å². The van der Waals surface area contributed by atoms with Crippen molar-refractivity contribution in [2.24, 2.45) is 0 Å². The first-order chi connectivity index (χ1) is 1.73. The van der Waals surface area contributed by atoms with Gasteiger partial charge in [0.1, 0.15) is 0 Å². The average molecular weight is 144 g/mol. The first-order valence-electron chi connectivity index (χ1n) is 0.651. The van der Waals surface area contributed by atoms with Gasteiger partial charge in [-0.15, -0.1) is 0 Å². The van der Waals surface area contributed by atoms with Gasteiger partial charge in [0.05, 0.1) is 0 Å². The van der Waals surface area contributed by atoms with Gasteiger partial charge in [-0.1, -0.05) is 0 Å². The van der Waals surface area contributed by atoms with Gasteiger partial charge < -0.3 is 10.2 Å². The third-order valence-electron chi connectivity index (χ3n) is 0. The Morgan fingerprint density at radius 1 is 1.33 bits per heavy atom. The van der Waals surface area contributed by atoms with Crippen molar-refractivity contribution in [2.75, 3.05) is 0 Å². The van der Waals surface area contributed by atoms with Crippen LogP contribution in [-0.2, 0) is 17.1 Å². The van der Waals surface area contributed by atoms with E-state index >= 15 is 0 Å². The zero-order valence-electron chi connectivity index (χ0n) is 2.16. The van der Waals surface area contributed by atoms with Crippen LogP contribution in [0.15, 0.2) is 0 Å². The maximum Gasteiger partial charge on any atom is 0.503 e. The van der Waals surface area contributed by atoms with Gasteiger partial charge in [-0.2, -0.15) is 0 Å². The van der Waals surface area contributed by atoms with Gasteiger partial charge in [0.15, 0.2) is 0 Å². The summed E-state index contributed by atoms with van der Waals surface area (Å²) in [4.78, 5) is 8.56. The van der Waals surface area contributed by atoms with Crippen LogP contribution in [0.3, 0.4) is 0 Å². The number of carboxylic acid groups (broad SMARTS) is 2. The van der Waals surface area contributed by atoms with Crippen LogP contribution in [-0.4, -0.2) is 39.4 Å². The molecule has 2 N–H and O–H groups in total. The third-order valence-corrected chi connectivity index (χ3v) is 0. The van der Waals surface area contributed by atoms with Crippen molar-refractivity contribution < 1.29 is 32.1 Å². The molecule has 0 bridgehead atoms. The van der Waals surface area contributed by atoms with Crippen LogP contribution < -0.4 is 0 Å². The van der Waals surface area contributed by atoms with Crippen molar-refractivity contribution in [1.82, 2.24) is 0 Å². The molecule has 0 atom stereocenters. The molecule has 6 heavy (non-hydrogen) atoms. The van der Waals surface area contributed by atoms with E-state index in [1.807, 2.05) is 0 Å². The second kappa shape index (κ2) is 9.12. The molecule has 0 aromatic rings. The third kappa shape index (κ3) is 187. The summed E-state index contributed by atoms with van der Waals surface area (Å²) in [5, 5.41) is 13.9. The molecule has 0 rings (SSSR count). The quantitative estimate of drug-likeness (QED) is 0.442. The summed E-state index contributed by atoms with van der Waals surface area (Å²) in [5.74, 6) is 0. The molecule has 0 aliphatic heterocycles. The molecule has 3 nitrogen and oxygen atoms in total. The molecule has 5 heteroatoms. The van der Waals surface area contributed by atoms with Crippen molar-refractivity contribution in [2.45, 2.75) is 0 Å². The summed E-state index contributed by atoms with van der Waals surface area (Å²) in [6.07, 6.45) is -1.83. The van der Waals surface area contributed by atoms with Crippen LogP contribution in [0.2, 0.25) is 0 Å². The van der Waals surface area contributed by atoms with E-state index in [0.717, 1.165) is 0 Å². The minimum atomic E-state index is -1.83.